The molecular formula is C20H27ClN3+. The Bertz CT molecular complexity index is 684. The molecule has 0 amide bonds. The Balaban J connectivity index is 1.72. The highest BCUT2D eigenvalue weighted by molar-refractivity contribution is 6.30. The maximum absolute atomic E-state index is 6.11. The molecule has 1 fully saturated rings. The Morgan fingerprint density at radius 2 is 1.75 bits per heavy atom. The van der Waals surface area contributed by atoms with Gasteiger partial charge in [-0.25, -0.2) is 0 Å². The van der Waals surface area contributed by atoms with Crippen LogP contribution in [-0.4, -0.2) is 18.2 Å². The summed E-state index contributed by atoms with van der Waals surface area (Å²) in [7, 11) is 0. The molecule has 2 N–H and O–H groups in total. The van der Waals surface area contributed by atoms with Crippen LogP contribution in [-0.2, 0) is 19.4 Å². The van der Waals surface area contributed by atoms with Crippen molar-refractivity contribution in [3.05, 3.63) is 40.5 Å². The number of benzene rings is 1. The van der Waals surface area contributed by atoms with Gasteiger partial charge in [-0.05, 0) is 50.1 Å². The number of hydrogen-bond acceptors (Lipinski definition) is 1. The quantitative estimate of drug-likeness (QED) is 0.813. The van der Waals surface area contributed by atoms with Gasteiger partial charge in [-0.15, -0.1) is 4.68 Å². The first-order valence-corrected chi connectivity index (χ1v) is 9.79. The van der Waals surface area contributed by atoms with E-state index in [-0.39, 0.29) is 0 Å². The molecule has 2 aliphatic rings. The van der Waals surface area contributed by atoms with Crippen molar-refractivity contribution in [2.45, 2.75) is 51.5 Å². The van der Waals surface area contributed by atoms with Gasteiger partial charge < -0.3 is 5.32 Å². The van der Waals surface area contributed by atoms with Crippen molar-refractivity contribution in [3.8, 4) is 11.3 Å². The summed E-state index contributed by atoms with van der Waals surface area (Å²) in [5.41, 5.74) is 5.59. The fourth-order valence-corrected chi connectivity index (χ4v) is 4.45. The minimum Gasteiger partial charge on any atom is -0.316 e. The van der Waals surface area contributed by atoms with Crippen molar-refractivity contribution in [1.82, 2.24) is 10.4 Å². The first-order valence-electron chi connectivity index (χ1n) is 9.41. The molecule has 2 heterocycles. The van der Waals surface area contributed by atoms with Gasteiger partial charge >= 0.3 is 0 Å². The summed E-state index contributed by atoms with van der Waals surface area (Å²) in [6.45, 7) is 3.25. The maximum Gasteiger partial charge on any atom is 0.241 e. The molecule has 1 aromatic heterocycles. The molecule has 0 atom stereocenters. The van der Waals surface area contributed by atoms with E-state index in [4.69, 9.17) is 11.6 Å². The van der Waals surface area contributed by atoms with Crippen molar-refractivity contribution in [2.75, 3.05) is 13.1 Å². The first-order chi connectivity index (χ1) is 11.8. The minimum atomic E-state index is 0.806. The van der Waals surface area contributed by atoms with Crippen LogP contribution in [0.15, 0.2) is 24.3 Å². The summed E-state index contributed by atoms with van der Waals surface area (Å²) in [6, 6.07) is 8.36. The van der Waals surface area contributed by atoms with E-state index in [0.717, 1.165) is 43.4 Å². The van der Waals surface area contributed by atoms with Crippen LogP contribution in [0.4, 0.5) is 0 Å². The highest BCUT2D eigenvalue weighted by atomic mass is 35.5. The molecule has 2 aromatic rings. The highest BCUT2D eigenvalue weighted by Crippen LogP contribution is 2.28. The third-order valence-corrected chi connectivity index (χ3v) is 5.83. The molecule has 0 unspecified atom stereocenters. The van der Waals surface area contributed by atoms with Crippen molar-refractivity contribution in [3.63, 3.8) is 0 Å². The van der Waals surface area contributed by atoms with Crippen molar-refractivity contribution >= 4 is 11.6 Å². The van der Waals surface area contributed by atoms with Crippen LogP contribution in [0, 0.1) is 5.92 Å². The third-order valence-electron chi connectivity index (χ3n) is 5.58. The van der Waals surface area contributed by atoms with Crippen LogP contribution in [0.5, 0.6) is 0 Å². The van der Waals surface area contributed by atoms with Gasteiger partial charge in [0.15, 0.2) is 6.54 Å². The van der Waals surface area contributed by atoms with E-state index in [0.29, 0.717) is 0 Å². The fourth-order valence-electron chi connectivity index (χ4n) is 4.32. The predicted molar refractivity (Wildman–Crippen MR) is 98.3 cm³/mol. The Hall–Kier alpha value is -1.32. The second kappa shape index (κ2) is 7.28. The van der Waals surface area contributed by atoms with Crippen molar-refractivity contribution in [1.29, 1.82) is 0 Å². The zero-order valence-electron chi connectivity index (χ0n) is 14.3. The number of nitrogens with zero attached hydrogens (tertiary/aromatic N) is 1. The molecule has 1 aromatic carbocycles. The topological polar surface area (TPSA) is 31.7 Å². The van der Waals surface area contributed by atoms with E-state index in [1.165, 1.54) is 54.6 Å². The largest absolute Gasteiger partial charge is 0.316 e. The predicted octanol–water partition coefficient (Wildman–Crippen LogP) is 3.89. The zero-order chi connectivity index (χ0) is 16.4. The molecule has 4 heteroatoms. The number of hydrogen-bond donors (Lipinski definition) is 2. The number of nitrogens with one attached hydrogen (secondary N) is 2. The van der Waals surface area contributed by atoms with Crippen LogP contribution >= 0.6 is 11.6 Å². The lowest BCUT2D eigenvalue weighted by atomic mass is 9.89. The van der Waals surface area contributed by atoms with Gasteiger partial charge in [0.25, 0.3) is 0 Å². The lowest BCUT2D eigenvalue weighted by Gasteiger charge is -2.18. The Morgan fingerprint density at radius 3 is 2.54 bits per heavy atom. The van der Waals surface area contributed by atoms with Gasteiger partial charge in [0.2, 0.25) is 5.69 Å². The molecule has 0 radical (unpaired) electrons. The smallest absolute Gasteiger partial charge is 0.241 e. The van der Waals surface area contributed by atoms with E-state index >= 15 is 0 Å². The lowest BCUT2D eigenvalue weighted by Crippen LogP contribution is -2.42. The van der Waals surface area contributed by atoms with Gasteiger partial charge in [0.1, 0.15) is 0 Å². The molecule has 0 bridgehead atoms. The molecule has 1 aliphatic carbocycles. The summed E-state index contributed by atoms with van der Waals surface area (Å²) in [5.74, 6) is 0.815. The first kappa shape index (κ1) is 16.2. The standard InChI is InChI=1S/C20H26ClN3/c21-17-8-6-16(7-9-17)20-18-10-12-22-13-11-19(18)23-24(20)14-15-4-2-1-3-5-15/h6-9,15,22H,1-5,10-14H2/p+1. The number of aromatic amines is 1. The molecular weight excluding hydrogens is 318 g/mol. The van der Waals surface area contributed by atoms with Gasteiger partial charge in [-0.1, -0.05) is 30.9 Å². The van der Waals surface area contributed by atoms with Gasteiger partial charge in [0, 0.05) is 29.5 Å². The SMILES string of the molecule is Clc1ccc(-c2c3c([nH][n+]2CC2CCCCC2)CCNCC3)cc1. The van der Waals surface area contributed by atoms with Crippen LogP contribution in [0.3, 0.4) is 0 Å². The second-order valence-electron chi connectivity index (χ2n) is 7.29. The van der Waals surface area contributed by atoms with E-state index in [1.807, 2.05) is 12.1 Å². The summed E-state index contributed by atoms with van der Waals surface area (Å²) in [5, 5.41) is 8.07. The van der Waals surface area contributed by atoms with Crippen LogP contribution in [0.1, 0.15) is 43.4 Å². The average molecular weight is 345 g/mol. The monoisotopic (exact) mass is 344 g/mol. The lowest BCUT2D eigenvalue weighted by molar-refractivity contribution is -0.746. The fraction of sp³-hybridized carbons (Fsp3) is 0.550. The van der Waals surface area contributed by atoms with Crippen molar-refractivity contribution in [2.24, 2.45) is 5.92 Å². The average Bonchev–Trinajstić information content (AvgIpc) is 2.78. The summed E-state index contributed by atoms with van der Waals surface area (Å²) >= 11 is 6.11. The number of halogens is 1. The Labute approximate surface area is 149 Å². The van der Waals surface area contributed by atoms with Crippen LogP contribution in [0.2, 0.25) is 5.02 Å². The summed E-state index contributed by atoms with van der Waals surface area (Å²) in [4.78, 5) is 0. The van der Waals surface area contributed by atoms with Gasteiger partial charge in [-0.3, -0.25) is 0 Å². The molecule has 1 aliphatic heterocycles. The molecule has 128 valence electrons. The van der Waals surface area contributed by atoms with E-state index in [1.54, 1.807) is 0 Å². The number of H-pyrrole nitrogens is 1. The highest BCUT2D eigenvalue weighted by Gasteiger charge is 2.29. The third kappa shape index (κ3) is 3.38. The zero-order valence-corrected chi connectivity index (χ0v) is 15.0. The van der Waals surface area contributed by atoms with E-state index in [9.17, 15) is 0 Å². The Kier molecular flexibility index (Phi) is 4.91. The second-order valence-corrected chi connectivity index (χ2v) is 7.73. The number of fused-ring (bicyclic) bond motifs is 1. The van der Waals surface area contributed by atoms with Gasteiger partial charge in [-0.2, -0.15) is 5.10 Å². The maximum atomic E-state index is 6.11. The number of aromatic nitrogens is 2. The number of rotatable bonds is 3. The molecule has 0 spiro atoms. The summed E-state index contributed by atoms with van der Waals surface area (Å²) < 4.78 is 2.44. The van der Waals surface area contributed by atoms with Crippen LogP contribution in [0.25, 0.3) is 11.3 Å². The molecule has 3 nitrogen and oxygen atoms in total. The molecule has 0 saturated heterocycles. The van der Waals surface area contributed by atoms with Crippen molar-refractivity contribution < 1.29 is 4.68 Å². The van der Waals surface area contributed by atoms with Gasteiger partial charge in [0.05, 0.1) is 11.3 Å². The minimum absolute atomic E-state index is 0.806. The van der Waals surface area contributed by atoms with E-state index in [2.05, 4.69) is 27.2 Å². The molecule has 4 rings (SSSR count). The van der Waals surface area contributed by atoms with Crippen LogP contribution < -0.4 is 10.00 Å². The Morgan fingerprint density at radius 1 is 1.00 bits per heavy atom. The van der Waals surface area contributed by atoms with E-state index < -0.39 is 0 Å². The molecule has 1 saturated carbocycles. The molecule has 24 heavy (non-hydrogen) atoms. The normalized spacial score (nSPS) is 19.0. The summed E-state index contributed by atoms with van der Waals surface area (Å²) in [6.07, 6.45) is 9.14.